The maximum atomic E-state index is 12.0. The number of sulfonamides is 1. The van der Waals surface area contributed by atoms with Crippen LogP contribution >= 0.6 is 0 Å². The number of para-hydroxylation sites is 2. The molecule has 1 aromatic carbocycles. The molecule has 112 valence electrons. The number of benzene rings is 1. The molecule has 0 unspecified atom stereocenters. The van der Waals surface area contributed by atoms with Gasteiger partial charge in [-0.1, -0.05) is 12.1 Å². The monoisotopic (exact) mass is 298 g/mol. The molecule has 1 aliphatic carbocycles. The van der Waals surface area contributed by atoms with Gasteiger partial charge in [0.25, 0.3) is 0 Å². The second kappa shape index (κ2) is 5.61. The van der Waals surface area contributed by atoms with Gasteiger partial charge in [-0.15, -0.1) is 0 Å². The average molecular weight is 298 g/mol. The van der Waals surface area contributed by atoms with E-state index in [0.29, 0.717) is 17.4 Å². The van der Waals surface area contributed by atoms with Crippen molar-refractivity contribution < 1.29 is 13.2 Å². The molecule has 0 heterocycles. The van der Waals surface area contributed by atoms with Crippen LogP contribution in [0, 0.1) is 5.92 Å². The summed E-state index contributed by atoms with van der Waals surface area (Å²) in [5.41, 5.74) is 5.87. The Labute approximate surface area is 120 Å². The SMILES string of the molecule is CC(C)(NS(=O)(=O)CCOc1ccccc1N)C1CC1. The van der Waals surface area contributed by atoms with E-state index in [9.17, 15) is 8.42 Å². The molecule has 0 aromatic heterocycles. The Balaban J connectivity index is 1.85. The summed E-state index contributed by atoms with van der Waals surface area (Å²) >= 11 is 0. The lowest BCUT2D eigenvalue weighted by molar-refractivity contribution is 0.339. The molecule has 1 saturated carbocycles. The van der Waals surface area contributed by atoms with Gasteiger partial charge in [0.1, 0.15) is 12.4 Å². The van der Waals surface area contributed by atoms with Crippen LogP contribution in [0.4, 0.5) is 5.69 Å². The van der Waals surface area contributed by atoms with Crippen LogP contribution < -0.4 is 15.2 Å². The molecule has 0 radical (unpaired) electrons. The van der Waals surface area contributed by atoms with E-state index in [1.54, 1.807) is 24.3 Å². The molecule has 0 bridgehead atoms. The van der Waals surface area contributed by atoms with Gasteiger partial charge in [0, 0.05) is 5.54 Å². The fraction of sp³-hybridized carbons (Fsp3) is 0.571. The van der Waals surface area contributed by atoms with Crippen LogP contribution in [0.2, 0.25) is 0 Å². The van der Waals surface area contributed by atoms with Gasteiger partial charge in [-0.25, -0.2) is 13.1 Å². The number of hydrogen-bond donors (Lipinski definition) is 2. The third kappa shape index (κ3) is 4.11. The van der Waals surface area contributed by atoms with E-state index in [1.165, 1.54) is 0 Å². The molecule has 20 heavy (non-hydrogen) atoms. The van der Waals surface area contributed by atoms with Gasteiger partial charge in [0.2, 0.25) is 10.0 Å². The zero-order valence-electron chi connectivity index (χ0n) is 11.9. The molecular formula is C14H22N2O3S. The fourth-order valence-corrected chi connectivity index (χ4v) is 3.59. The first-order valence-corrected chi connectivity index (χ1v) is 8.44. The van der Waals surface area contributed by atoms with Crippen LogP contribution in [-0.2, 0) is 10.0 Å². The molecule has 1 aromatic rings. The predicted molar refractivity (Wildman–Crippen MR) is 80.1 cm³/mol. The Kier molecular flexibility index (Phi) is 4.25. The number of nitrogens with one attached hydrogen (secondary N) is 1. The average Bonchev–Trinajstić information content (AvgIpc) is 3.14. The van der Waals surface area contributed by atoms with E-state index < -0.39 is 10.0 Å². The normalized spacial score (nSPS) is 16.1. The highest BCUT2D eigenvalue weighted by molar-refractivity contribution is 7.89. The first-order chi connectivity index (χ1) is 9.30. The summed E-state index contributed by atoms with van der Waals surface area (Å²) in [5, 5.41) is 0. The van der Waals surface area contributed by atoms with E-state index >= 15 is 0 Å². The van der Waals surface area contributed by atoms with Gasteiger partial charge in [0.15, 0.2) is 0 Å². The van der Waals surface area contributed by atoms with Gasteiger partial charge in [-0.3, -0.25) is 0 Å². The van der Waals surface area contributed by atoms with Crippen LogP contribution in [0.1, 0.15) is 26.7 Å². The van der Waals surface area contributed by atoms with E-state index in [0.717, 1.165) is 12.8 Å². The summed E-state index contributed by atoms with van der Waals surface area (Å²) < 4.78 is 32.2. The van der Waals surface area contributed by atoms with Crippen molar-refractivity contribution in [3.8, 4) is 5.75 Å². The standard InChI is InChI=1S/C14H22N2O3S/c1-14(2,11-7-8-11)16-20(17,18)10-9-19-13-6-4-3-5-12(13)15/h3-6,11,16H,7-10,15H2,1-2H3. The van der Waals surface area contributed by atoms with E-state index in [-0.39, 0.29) is 17.9 Å². The molecule has 0 saturated heterocycles. The van der Waals surface area contributed by atoms with E-state index in [4.69, 9.17) is 10.5 Å². The quantitative estimate of drug-likeness (QED) is 0.752. The molecular weight excluding hydrogens is 276 g/mol. The molecule has 1 aliphatic rings. The first kappa shape index (κ1) is 15.1. The number of nitrogens with two attached hydrogens (primary N) is 1. The van der Waals surface area contributed by atoms with Crippen molar-refractivity contribution >= 4 is 15.7 Å². The van der Waals surface area contributed by atoms with Crippen molar-refractivity contribution in [2.24, 2.45) is 5.92 Å². The second-order valence-electron chi connectivity index (χ2n) is 5.80. The van der Waals surface area contributed by atoms with Crippen molar-refractivity contribution in [3.05, 3.63) is 24.3 Å². The van der Waals surface area contributed by atoms with Crippen molar-refractivity contribution in [1.82, 2.24) is 4.72 Å². The molecule has 5 nitrogen and oxygen atoms in total. The van der Waals surface area contributed by atoms with Crippen LogP contribution in [0.25, 0.3) is 0 Å². The summed E-state index contributed by atoms with van der Waals surface area (Å²) in [5.74, 6) is 0.893. The highest BCUT2D eigenvalue weighted by Crippen LogP contribution is 2.39. The van der Waals surface area contributed by atoms with Gasteiger partial charge in [-0.05, 0) is 44.7 Å². The van der Waals surface area contributed by atoms with E-state index in [2.05, 4.69) is 4.72 Å². The van der Waals surface area contributed by atoms with Gasteiger partial charge in [-0.2, -0.15) is 0 Å². The third-order valence-electron chi connectivity index (χ3n) is 3.55. The Morgan fingerprint density at radius 3 is 2.60 bits per heavy atom. The van der Waals surface area contributed by atoms with Crippen molar-refractivity contribution in [1.29, 1.82) is 0 Å². The highest BCUT2D eigenvalue weighted by Gasteiger charge is 2.40. The van der Waals surface area contributed by atoms with Crippen molar-refractivity contribution in [3.63, 3.8) is 0 Å². The lowest BCUT2D eigenvalue weighted by atomic mass is 10.0. The molecule has 0 atom stereocenters. The number of ether oxygens (including phenoxy) is 1. The van der Waals surface area contributed by atoms with Gasteiger partial charge in [0.05, 0.1) is 11.4 Å². The predicted octanol–water partition coefficient (Wildman–Crippen LogP) is 1.76. The zero-order chi connectivity index (χ0) is 14.8. The molecule has 0 aliphatic heterocycles. The minimum Gasteiger partial charge on any atom is -0.490 e. The summed E-state index contributed by atoms with van der Waals surface area (Å²) in [7, 11) is -3.34. The summed E-state index contributed by atoms with van der Waals surface area (Å²) in [6.45, 7) is 3.95. The molecule has 1 fully saturated rings. The van der Waals surface area contributed by atoms with Crippen LogP contribution in [0.5, 0.6) is 5.75 Å². The molecule has 0 spiro atoms. The molecule has 3 N–H and O–H groups in total. The lowest BCUT2D eigenvalue weighted by Gasteiger charge is -2.25. The number of hydrogen-bond acceptors (Lipinski definition) is 4. The minimum absolute atomic E-state index is 0.0719. The molecule has 6 heteroatoms. The number of rotatable bonds is 7. The maximum Gasteiger partial charge on any atom is 0.215 e. The first-order valence-electron chi connectivity index (χ1n) is 6.79. The summed E-state index contributed by atoms with van der Waals surface area (Å²) in [6.07, 6.45) is 2.18. The maximum absolute atomic E-state index is 12.0. The van der Waals surface area contributed by atoms with Crippen LogP contribution in [-0.4, -0.2) is 26.3 Å². The van der Waals surface area contributed by atoms with Gasteiger partial charge < -0.3 is 10.5 Å². The topological polar surface area (TPSA) is 81.4 Å². The largest absolute Gasteiger partial charge is 0.490 e. The highest BCUT2D eigenvalue weighted by atomic mass is 32.2. The summed E-state index contributed by atoms with van der Waals surface area (Å²) in [6, 6.07) is 7.05. The Bertz CT molecular complexity index is 566. The van der Waals surface area contributed by atoms with E-state index in [1.807, 2.05) is 13.8 Å². The van der Waals surface area contributed by atoms with Gasteiger partial charge >= 0.3 is 0 Å². The second-order valence-corrected chi connectivity index (χ2v) is 7.65. The Morgan fingerprint density at radius 1 is 1.35 bits per heavy atom. The molecule has 2 rings (SSSR count). The lowest BCUT2D eigenvalue weighted by Crippen LogP contribution is -2.46. The third-order valence-corrected chi connectivity index (χ3v) is 5.09. The van der Waals surface area contributed by atoms with Crippen LogP contribution in [0.3, 0.4) is 0 Å². The van der Waals surface area contributed by atoms with Crippen LogP contribution in [0.15, 0.2) is 24.3 Å². The smallest absolute Gasteiger partial charge is 0.215 e. The zero-order valence-corrected chi connectivity index (χ0v) is 12.7. The van der Waals surface area contributed by atoms with Crippen molar-refractivity contribution in [2.45, 2.75) is 32.2 Å². The van der Waals surface area contributed by atoms with Crippen molar-refractivity contribution in [2.75, 3.05) is 18.1 Å². The fourth-order valence-electron chi connectivity index (χ4n) is 2.21. The number of anilines is 1. The number of nitrogen functional groups attached to an aromatic ring is 1. The Morgan fingerprint density at radius 2 is 2.00 bits per heavy atom. The minimum atomic E-state index is -3.34. The Hall–Kier alpha value is -1.27. The summed E-state index contributed by atoms with van der Waals surface area (Å²) in [4.78, 5) is 0. The molecule has 0 amide bonds.